The van der Waals surface area contributed by atoms with Crippen LogP contribution in [-0.4, -0.2) is 13.1 Å². The minimum absolute atomic E-state index is 1.11. The molecule has 1 aromatic rings. The first-order valence-electron chi connectivity index (χ1n) is 8.59. The molecule has 1 N–H and O–H groups in total. The molecule has 0 amide bonds. The summed E-state index contributed by atoms with van der Waals surface area (Å²) in [5.41, 5.74) is 2.79. The molecule has 1 nitrogen and oxygen atoms in total. The van der Waals surface area contributed by atoms with E-state index in [0.717, 1.165) is 13.0 Å². The summed E-state index contributed by atoms with van der Waals surface area (Å²) in [5.74, 6) is 0. The molecule has 0 saturated carbocycles. The number of aryl methyl sites for hydroxylation is 1. The van der Waals surface area contributed by atoms with E-state index in [4.69, 9.17) is 0 Å². The SMILES string of the molecule is CCCCCCCCCCNCCc1ccc(C)cc1. The Morgan fingerprint density at radius 1 is 0.750 bits per heavy atom. The van der Waals surface area contributed by atoms with Gasteiger partial charge in [0.1, 0.15) is 0 Å². The fourth-order valence-electron chi connectivity index (χ4n) is 2.50. The van der Waals surface area contributed by atoms with Crippen LogP contribution >= 0.6 is 0 Å². The number of nitrogens with one attached hydrogen (secondary N) is 1. The van der Waals surface area contributed by atoms with Gasteiger partial charge < -0.3 is 5.32 Å². The summed E-state index contributed by atoms with van der Waals surface area (Å²) >= 11 is 0. The molecule has 0 saturated heterocycles. The maximum absolute atomic E-state index is 3.56. The van der Waals surface area contributed by atoms with Gasteiger partial charge in [0.15, 0.2) is 0 Å². The van der Waals surface area contributed by atoms with Crippen molar-refractivity contribution in [3.8, 4) is 0 Å². The van der Waals surface area contributed by atoms with E-state index in [9.17, 15) is 0 Å². The second kappa shape index (κ2) is 12.0. The molecular formula is C19H33N. The predicted octanol–water partition coefficient (Wildman–Crippen LogP) is 5.27. The molecule has 0 aliphatic heterocycles. The fourth-order valence-corrected chi connectivity index (χ4v) is 2.50. The molecule has 114 valence electrons. The van der Waals surface area contributed by atoms with Gasteiger partial charge in [-0.25, -0.2) is 0 Å². The molecule has 0 radical (unpaired) electrons. The topological polar surface area (TPSA) is 12.0 Å². The zero-order valence-corrected chi connectivity index (χ0v) is 13.6. The van der Waals surface area contributed by atoms with Gasteiger partial charge in [-0.3, -0.25) is 0 Å². The Balaban J connectivity index is 1.84. The first-order valence-corrected chi connectivity index (χ1v) is 8.59. The predicted molar refractivity (Wildman–Crippen MR) is 90.4 cm³/mol. The Morgan fingerprint density at radius 2 is 1.35 bits per heavy atom. The molecule has 20 heavy (non-hydrogen) atoms. The van der Waals surface area contributed by atoms with Gasteiger partial charge in [0, 0.05) is 0 Å². The molecule has 1 heteroatoms. The molecule has 1 aromatic carbocycles. The molecule has 0 bridgehead atoms. The standard InChI is InChI=1S/C19H33N/c1-3-4-5-6-7-8-9-10-16-20-17-15-19-13-11-18(2)12-14-19/h11-14,20H,3-10,15-17H2,1-2H3. The van der Waals surface area contributed by atoms with Crippen molar-refractivity contribution in [2.75, 3.05) is 13.1 Å². The first-order chi connectivity index (χ1) is 9.83. The van der Waals surface area contributed by atoms with Gasteiger partial charge in [-0.05, 0) is 38.4 Å². The van der Waals surface area contributed by atoms with Crippen LogP contribution in [0.25, 0.3) is 0 Å². The van der Waals surface area contributed by atoms with Crippen LogP contribution < -0.4 is 5.32 Å². The van der Waals surface area contributed by atoms with E-state index in [2.05, 4.69) is 43.4 Å². The van der Waals surface area contributed by atoms with Crippen molar-refractivity contribution in [3.63, 3.8) is 0 Å². The summed E-state index contributed by atoms with van der Waals surface area (Å²) in [6, 6.07) is 8.89. The molecule has 0 unspecified atom stereocenters. The highest BCUT2D eigenvalue weighted by atomic mass is 14.8. The summed E-state index contributed by atoms with van der Waals surface area (Å²) in [5, 5.41) is 3.56. The summed E-state index contributed by atoms with van der Waals surface area (Å²) in [7, 11) is 0. The Morgan fingerprint density at radius 3 is 2.00 bits per heavy atom. The zero-order valence-electron chi connectivity index (χ0n) is 13.6. The van der Waals surface area contributed by atoms with Gasteiger partial charge in [0.25, 0.3) is 0 Å². The number of hydrogen-bond donors (Lipinski definition) is 1. The minimum atomic E-state index is 1.11. The van der Waals surface area contributed by atoms with Crippen molar-refractivity contribution in [1.82, 2.24) is 5.32 Å². The number of rotatable bonds is 12. The summed E-state index contributed by atoms with van der Waals surface area (Å²) in [6.45, 7) is 6.72. The summed E-state index contributed by atoms with van der Waals surface area (Å²) in [4.78, 5) is 0. The third-order valence-corrected chi connectivity index (χ3v) is 3.92. The van der Waals surface area contributed by atoms with E-state index in [-0.39, 0.29) is 0 Å². The Hall–Kier alpha value is -0.820. The lowest BCUT2D eigenvalue weighted by Crippen LogP contribution is -2.18. The van der Waals surface area contributed by atoms with Crippen molar-refractivity contribution in [2.45, 2.75) is 71.6 Å². The molecular weight excluding hydrogens is 242 g/mol. The molecule has 0 heterocycles. The first kappa shape index (κ1) is 17.2. The molecule has 0 fully saturated rings. The third kappa shape index (κ3) is 9.14. The fraction of sp³-hybridized carbons (Fsp3) is 0.684. The molecule has 0 aliphatic rings. The largest absolute Gasteiger partial charge is 0.316 e. The van der Waals surface area contributed by atoms with E-state index in [1.807, 2.05) is 0 Å². The van der Waals surface area contributed by atoms with Gasteiger partial charge in [-0.2, -0.15) is 0 Å². The Kier molecular flexibility index (Phi) is 10.3. The van der Waals surface area contributed by atoms with E-state index in [1.54, 1.807) is 0 Å². The Bertz CT molecular complexity index is 315. The van der Waals surface area contributed by atoms with Crippen molar-refractivity contribution < 1.29 is 0 Å². The van der Waals surface area contributed by atoms with Gasteiger partial charge >= 0.3 is 0 Å². The maximum atomic E-state index is 3.56. The van der Waals surface area contributed by atoms with Crippen LogP contribution in [0.4, 0.5) is 0 Å². The third-order valence-electron chi connectivity index (χ3n) is 3.92. The van der Waals surface area contributed by atoms with Crippen LogP contribution in [0, 0.1) is 6.92 Å². The lowest BCUT2D eigenvalue weighted by atomic mass is 10.1. The molecule has 0 aliphatic carbocycles. The van der Waals surface area contributed by atoms with E-state index in [1.165, 1.54) is 69.0 Å². The van der Waals surface area contributed by atoms with Gasteiger partial charge in [0.2, 0.25) is 0 Å². The van der Waals surface area contributed by atoms with Crippen LogP contribution in [-0.2, 0) is 6.42 Å². The van der Waals surface area contributed by atoms with Crippen LogP contribution in [0.5, 0.6) is 0 Å². The van der Waals surface area contributed by atoms with Crippen LogP contribution in [0.3, 0.4) is 0 Å². The second-order valence-electron chi connectivity index (χ2n) is 5.96. The van der Waals surface area contributed by atoms with E-state index < -0.39 is 0 Å². The van der Waals surface area contributed by atoms with Crippen LogP contribution in [0.1, 0.15) is 69.4 Å². The van der Waals surface area contributed by atoms with Crippen molar-refractivity contribution >= 4 is 0 Å². The van der Waals surface area contributed by atoms with Crippen molar-refractivity contribution in [1.29, 1.82) is 0 Å². The lowest BCUT2D eigenvalue weighted by molar-refractivity contribution is 0.556. The van der Waals surface area contributed by atoms with Gasteiger partial charge in [-0.1, -0.05) is 81.7 Å². The molecule has 0 spiro atoms. The average Bonchev–Trinajstić information content (AvgIpc) is 2.47. The van der Waals surface area contributed by atoms with E-state index in [0.29, 0.717) is 0 Å². The zero-order chi connectivity index (χ0) is 14.5. The smallest absolute Gasteiger partial charge is 0.000835 e. The highest BCUT2D eigenvalue weighted by molar-refractivity contribution is 5.21. The maximum Gasteiger partial charge on any atom is -0.000835 e. The highest BCUT2D eigenvalue weighted by Crippen LogP contribution is 2.08. The van der Waals surface area contributed by atoms with Gasteiger partial charge in [-0.15, -0.1) is 0 Å². The average molecular weight is 275 g/mol. The number of hydrogen-bond acceptors (Lipinski definition) is 1. The monoisotopic (exact) mass is 275 g/mol. The molecule has 0 aromatic heterocycles. The van der Waals surface area contributed by atoms with E-state index >= 15 is 0 Å². The normalized spacial score (nSPS) is 10.9. The lowest BCUT2D eigenvalue weighted by Gasteiger charge is -2.05. The van der Waals surface area contributed by atoms with Crippen molar-refractivity contribution in [2.24, 2.45) is 0 Å². The summed E-state index contributed by atoms with van der Waals surface area (Å²) in [6.07, 6.45) is 12.4. The Labute approximate surface area is 126 Å². The van der Waals surface area contributed by atoms with Crippen LogP contribution in [0.15, 0.2) is 24.3 Å². The van der Waals surface area contributed by atoms with Crippen molar-refractivity contribution in [3.05, 3.63) is 35.4 Å². The van der Waals surface area contributed by atoms with Gasteiger partial charge in [0.05, 0.1) is 0 Å². The van der Waals surface area contributed by atoms with Crippen LogP contribution in [0.2, 0.25) is 0 Å². The quantitative estimate of drug-likeness (QED) is 0.513. The number of unbranched alkanes of at least 4 members (excludes halogenated alkanes) is 7. The number of benzene rings is 1. The second-order valence-corrected chi connectivity index (χ2v) is 5.96. The minimum Gasteiger partial charge on any atom is -0.316 e. The molecule has 1 rings (SSSR count). The molecule has 0 atom stereocenters. The summed E-state index contributed by atoms with van der Waals surface area (Å²) < 4.78 is 0. The highest BCUT2D eigenvalue weighted by Gasteiger charge is 1.94.